The van der Waals surface area contributed by atoms with Crippen molar-refractivity contribution in [3.8, 4) is 0 Å². The molecule has 0 amide bonds. The second-order valence-corrected chi connectivity index (χ2v) is 7.96. The molecule has 1 N–H and O–H groups in total. The molecule has 2 aliphatic rings. The molecule has 3 rings (SSSR count). The summed E-state index contributed by atoms with van der Waals surface area (Å²) in [4.78, 5) is 24.2. The number of nitrogens with one attached hydrogen (secondary N) is 1. The summed E-state index contributed by atoms with van der Waals surface area (Å²) in [6, 6.07) is 10.2. The Labute approximate surface area is 154 Å². The van der Waals surface area contributed by atoms with Crippen molar-refractivity contribution >= 4 is 41.2 Å². The van der Waals surface area contributed by atoms with Crippen molar-refractivity contribution < 1.29 is 19.1 Å². The number of fused-ring (bicyclic) bond motifs is 1. The quantitative estimate of drug-likeness (QED) is 0.809. The Morgan fingerprint density at radius 2 is 1.84 bits per heavy atom. The molecule has 0 radical (unpaired) electrons. The fourth-order valence-corrected chi connectivity index (χ4v) is 5.66. The normalized spacial score (nSPS) is 22.9. The third kappa shape index (κ3) is 3.69. The van der Waals surface area contributed by atoms with Gasteiger partial charge in [-0.05, 0) is 11.1 Å². The lowest BCUT2D eigenvalue weighted by molar-refractivity contribution is -0.137. The van der Waals surface area contributed by atoms with E-state index >= 15 is 0 Å². The molecule has 132 valence electrons. The SMILES string of the molecule is COC(=O)C1=NNC(C(=O)OC)=C2CS[C@H](c3ccccc3)SC[C@@H]12. The third-order valence-electron chi connectivity index (χ3n) is 4.02. The predicted octanol–water partition coefficient (Wildman–Crippen LogP) is 2.34. The van der Waals surface area contributed by atoms with Crippen LogP contribution in [0.5, 0.6) is 0 Å². The molecule has 25 heavy (non-hydrogen) atoms. The van der Waals surface area contributed by atoms with E-state index in [-0.39, 0.29) is 10.5 Å². The number of carbonyl (C=O) groups excluding carboxylic acids is 2. The van der Waals surface area contributed by atoms with Crippen molar-refractivity contribution in [3.05, 3.63) is 47.2 Å². The van der Waals surface area contributed by atoms with Crippen LogP contribution >= 0.6 is 23.5 Å². The average Bonchev–Trinajstić information content (AvgIpc) is 2.90. The van der Waals surface area contributed by atoms with Gasteiger partial charge in [-0.1, -0.05) is 30.3 Å². The van der Waals surface area contributed by atoms with Gasteiger partial charge in [-0.15, -0.1) is 23.5 Å². The van der Waals surface area contributed by atoms with Crippen LogP contribution in [0.4, 0.5) is 0 Å². The zero-order chi connectivity index (χ0) is 17.8. The van der Waals surface area contributed by atoms with E-state index in [0.717, 1.165) is 5.57 Å². The molecule has 0 bridgehead atoms. The molecular formula is C17H18N2O4S2. The summed E-state index contributed by atoms with van der Waals surface area (Å²) in [6.07, 6.45) is 0. The molecular weight excluding hydrogens is 360 g/mol. The first kappa shape index (κ1) is 17.9. The van der Waals surface area contributed by atoms with Crippen molar-refractivity contribution in [2.75, 3.05) is 25.7 Å². The molecule has 2 heterocycles. The summed E-state index contributed by atoms with van der Waals surface area (Å²) in [7, 11) is 2.66. The Hall–Kier alpha value is -1.93. The highest BCUT2D eigenvalue weighted by molar-refractivity contribution is 8.16. The lowest BCUT2D eigenvalue weighted by Crippen LogP contribution is -2.38. The molecule has 2 atom stereocenters. The van der Waals surface area contributed by atoms with Crippen molar-refractivity contribution in [2.24, 2.45) is 11.0 Å². The topological polar surface area (TPSA) is 77.0 Å². The van der Waals surface area contributed by atoms with Crippen LogP contribution in [-0.2, 0) is 19.1 Å². The maximum atomic E-state index is 12.1. The molecule has 1 fully saturated rings. The first-order chi connectivity index (χ1) is 12.2. The molecule has 1 aromatic rings. The number of thioether (sulfide) groups is 2. The zero-order valence-electron chi connectivity index (χ0n) is 13.9. The highest BCUT2D eigenvalue weighted by Gasteiger charge is 2.38. The van der Waals surface area contributed by atoms with Crippen LogP contribution in [0.15, 0.2) is 46.7 Å². The van der Waals surface area contributed by atoms with Crippen LogP contribution in [-0.4, -0.2) is 43.4 Å². The van der Waals surface area contributed by atoms with Gasteiger partial charge in [0, 0.05) is 17.4 Å². The first-order valence-electron chi connectivity index (χ1n) is 7.67. The van der Waals surface area contributed by atoms with E-state index < -0.39 is 11.9 Å². The number of nitrogens with zero attached hydrogens (tertiary/aromatic N) is 1. The lowest BCUT2D eigenvalue weighted by atomic mass is 9.93. The van der Waals surface area contributed by atoms with Crippen LogP contribution < -0.4 is 5.43 Å². The Morgan fingerprint density at radius 3 is 2.52 bits per heavy atom. The highest BCUT2D eigenvalue weighted by atomic mass is 32.2. The number of hydrogen-bond acceptors (Lipinski definition) is 8. The fraction of sp³-hybridized carbons (Fsp3) is 0.353. The second kappa shape index (κ2) is 7.97. The fourth-order valence-electron chi connectivity index (χ4n) is 2.73. The summed E-state index contributed by atoms with van der Waals surface area (Å²) in [5.74, 6) is 0.0102. The standard InChI is InChI=1S/C17H18N2O4S2/c1-22-15(20)13-11-8-24-17(10-6-4-3-5-7-10)25-9-12(11)14(19-18-13)16(21)23-2/h3-7,11,17,19H,8-9H2,1-2H3/t11-,17-/m1/s1. The molecule has 1 saturated heterocycles. The molecule has 2 aliphatic heterocycles. The van der Waals surface area contributed by atoms with Gasteiger partial charge in [-0.25, -0.2) is 9.59 Å². The Morgan fingerprint density at radius 1 is 1.12 bits per heavy atom. The van der Waals surface area contributed by atoms with Gasteiger partial charge < -0.3 is 9.47 Å². The number of rotatable bonds is 3. The molecule has 0 aromatic heterocycles. The van der Waals surface area contributed by atoms with Crippen molar-refractivity contribution in [2.45, 2.75) is 4.58 Å². The lowest BCUT2D eigenvalue weighted by Gasteiger charge is -2.24. The summed E-state index contributed by atoms with van der Waals surface area (Å²) in [6.45, 7) is 0. The Kier molecular flexibility index (Phi) is 5.70. The summed E-state index contributed by atoms with van der Waals surface area (Å²) < 4.78 is 9.92. The smallest absolute Gasteiger partial charge is 0.356 e. The van der Waals surface area contributed by atoms with E-state index in [0.29, 0.717) is 22.9 Å². The minimum Gasteiger partial charge on any atom is -0.464 e. The summed E-state index contributed by atoms with van der Waals surface area (Å²) in [5, 5.41) is 4.09. The van der Waals surface area contributed by atoms with Crippen LogP contribution in [0.1, 0.15) is 10.1 Å². The molecule has 0 saturated carbocycles. The van der Waals surface area contributed by atoms with Crippen molar-refractivity contribution in [3.63, 3.8) is 0 Å². The zero-order valence-corrected chi connectivity index (χ0v) is 15.5. The van der Waals surface area contributed by atoms with E-state index in [4.69, 9.17) is 9.47 Å². The average molecular weight is 378 g/mol. The van der Waals surface area contributed by atoms with Crippen LogP contribution in [0.3, 0.4) is 0 Å². The molecule has 1 aromatic carbocycles. The number of hydrazone groups is 1. The minimum atomic E-state index is -0.484. The van der Waals surface area contributed by atoms with Gasteiger partial charge in [0.2, 0.25) is 0 Å². The number of hydrogen-bond donors (Lipinski definition) is 1. The first-order valence-corrected chi connectivity index (χ1v) is 9.76. The largest absolute Gasteiger partial charge is 0.464 e. The van der Waals surface area contributed by atoms with Gasteiger partial charge in [-0.3, -0.25) is 5.43 Å². The van der Waals surface area contributed by atoms with Crippen LogP contribution in [0.25, 0.3) is 0 Å². The maximum absolute atomic E-state index is 12.1. The van der Waals surface area contributed by atoms with Crippen molar-refractivity contribution in [1.29, 1.82) is 0 Å². The number of benzene rings is 1. The molecule has 8 heteroatoms. The number of ether oxygens (including phenoxy) is 2. The van der Waals surface area contributed by atoms with E-state index in [1.807, 2.05) is 18.2 Å². The minimum absolute atomic E-state index is 0.220. The van der Waals surface area contributed by atoms with Gasteiger partial charge in [0.15, 0.2) is 5.71 Å². The van der Waals surface area contributed by atoms with Crippen molar-refractivity contribution in [1.82, 2.24) is 5.43 Å². The highest BCUT2D eigenvalue weighted by Crippen LogP contribution is 2.46. The van der Waals surface area contributed by atoms with E-state index in [2.05, 4.69) is 22.7 Å². The number of methoxy groups -OCH3 is 2. The third-order valence-corrected chi connectivity index (χ3v) is 6.99. The van der Waals surface area contributed by atoms with Gasteiger partial charge in [0.05, 0.1) is 18.8 Å². The molecule has 0 unspecified atom stereocenters. The predicted molar refractivity (Wildman–Crippen MR) is 99.2 cm³/mol. The Bertz CT molecular complexity index is 733. The van der Waals surface area contributed by atoms with Gasteiger partial charge in [0.25, 0.3) is 0 Å². The van der Waals surface area contributed by atoms with E-state index in [1.54, 1.807) is 23.5 Å². The number of esters is 2. The number of carbonyl (C=O) groups is 2. The molecule has 0 spiro atoms. The van der Waals surface area contributed by atoms with Crippen LogP contribution in [0, 0.1) is 5.92 Å². The van der Waals surface area contributed by atoms with Gasteiger partial charge in [-0.2, -0.15) is 5.10 Å². The van der Waals surface area contributed by atoms with Gasteiger partial charge in [0.1, 0.15) is 5.70 Å². The van der Waals surface area contributed by atoms with E-state index in [9.17, 15) is 9.59 Å². The molecule has 6 nitrogen and oxygen atoms in total. The van der Waals surface area contributed by atoms with Gasteiger partial charge >= 0.3 is 11.9 Å². The van der Waals surface area contributed by atoms with E-state index in [1.165, 1.54) is 19.8 Å². The summed E-state index contributed by atoms with van der Waals surface area (Å²) in [5.41, 5.74) is 5.35. The maximum Gasteiger partial charge on any atom is 0.356 e. The van der Waals surface area contributed by atoms with Crippen LogP contribution in [0.2, 0.25) is 0 Å². The second-order valence-electron chi connectivity index (χ2n) is 5.43. The Balaban J connectivity index is 1.93. The monoisotopic (exact) mass is 378 g/mol. The molecule has 0 aliphatic carbocycles. The summed E-state index contributed by atoms with van der Waals surface area (Å²) >= 11 is 3.46.